The number of para-hydroxylation sites is 4. The lowest BCUT2D eigenvalue weighted by Gasteiger charge is -2.12. The Morgan fingerprint density at radius 1 is 0.231 bits per heavy atom. The molecule has 0 aliphatic carbocycles. The van der Waals surface area contributed by atoms with Crippen molar-refractivity contribution in [2.24, 2.45) is 0 Å². The van der Waals surface area contributed by atoms with Gasteiger partial charge >= 0.3 is 0 Å². The Morgan fingerprint density at radius 3 is 1.29 bits per heavy atom. The third-order valence-corrected chi connectivity index (χ3v) is 24.9. The first kappa shape index (κ1) is 55.4. The van der Waals surface area contributed by atoms with E-state index < -0.39 is 0 Å². The van der Waals surface area contributed by atoms with Crippen molar-refractivity contribution < 1.29 is 0 Å². The highest BCUT2D eigenvalue weighted by Crippen LogP contribution is 2.53. The summed E-state index contributed by atoms with van der Waals surface area (Å²) in [6, 6.07) is 112. The van der Waals surface area contributed by atoms with E-state index in [1.807, 2.05) is 0 Å². The van der Waals surface area contributed by atoms with Gasteiger partial charge in [-0.1, -0.05) is 237 Å². The number of nitrogens with zero attached hydrogens (tertiary/aromatic N) is 8. The van der Waals surface area contributed by atoms with Crippen molar-refractivity contribution in [3.05, 3.63) is 303 Å². The highest BCUT2D eigenvalue weighted by atomic mass is 32.1. The molecular weight excluding hydrogens is 1310 g/mol. The Hall–Kier alpha value is -13.4. The molecule has 10 heterocycles. The highest BCUT2D eigenvalue weighted by Gasteiger charge is 2.31. The van der Waals surface area contributed by atoms with Crippen LogP contribution >= 0.6 is 22.7 Å². The monoisotopic (exact) mass is 1350 g/mol. The van der Waals surface area contributed by atoms with Crippen molar-refractivity contribution in [3.63, 3.8) is 0 Å². The molecule has 0 N–H and O–H groups in total. The van der Waals surface area contributed by atoms with Crippen LogP contribution in [-0.2, 0) is 0 Å². The first-order valence-electron chi connectivity index (χ1n) is 35.4. The molecule has 0 saturated carbocycles. The number of rotatable bonds is 6. The van der Waals surface area contributed by atoms with Crippen molar-refractivity contribution in [2.45, 2.75) is 0 Å². The van der Waals surface area contributed by atoms with Crippen LogP contribution < -0.4 is 0 Å². The molecule has 0 saturated heterocycles. The van der Waals surface area contributed by atoms with E-state index in [0.29, 0.717) is 11.6 Å². The molecule has 0 radical (unpaired) electrons. The van der Waals surface area contributed by atoms with Gasteiger partial charge < -0.3 is 8.80 Å². The molecule has 10 heteroatoms. The van der Waals surface area contributed by atoms with Crippen LogP contribution in [0.5, 0.6) is 0 Å². The van der Waals surface area contributed by atoms with Gasteiger partial charge in [0, 0.05) is 95.9 Å². The summed E-state index contributed by atoms with van der Waals surface area (Å²) in [6.07, 6.45) is 0. The second kappa shape index (κ2) is 20.2. The molecule has 0 atom stereocenters. The molecule has 0 fully saturated rings. The van der Waals surface area contributed by atoms with Crippen LogP contribution in [0.3, 0.4) is 0 Å². The fourth-order valence-corrected chi connectivity index (χ4v) is 20.6. The van der Waals surface area contributed by atoms with Crippen LogP contribution in [0.4, 0.5) is 0 Å². The maximum Gasteiger partial charge on any atom is 0.162 e. The van der Waals surface area contributed by atoms with Crippen molar-refractivity contribution in [1.82, 2.24) is 37.9 Å². The Morgan fingerprint density at radius 2 is 0.663 bits per heavy atom. The number of aromatic nitrogens is 8. The Bertz CT molecular complexity index is 8090. The lowest BCUT2D eigenvalue weighted by Crippen LogP contribution is -2.01. The standard InChI is InChI=1S/C94H50N8S2/c1-3-20-51(21-4-1)52-38-41-56(42-39-52)92-95-85-64-30-13-18-36-76(64)103-89(85)93(98-92)102-73-47-45-54-40-43-57(48-65(54)79(73)84-75(102)50-67-61-27-10-15-33-69(61)100-71-35-17-12-29-63(71)82(84)88(67)100)59-31-19-37-77-80(59)86-90(104-77)94(97-91(96-86)55-23-5-2-6-24-55)101-72-46-44-53-22-7-8-25-58(53)78(72)83-74(101)49-66-60-26-9-14-32-68(60)99-70-34-16-11-28-62(70)81(83)87(66)99/h1-50H. The quantitative estimate of drug-likeness (QED) is 0.166. The zero-order valence-corrected chi connectivity index (χ0v) is 56.9. The number of fused-ring (bicyclic) bond motifs is 30. The summed E-state index contributed by atoms with van der Waals surface area (Å²) in [5, 5.41) is 21.5. The minimum atomic E-state index is 0.672. The molecule has 25 aromatic rings. The van der Waals surface area contributed by atoms with E-state index in [9.17, 15) is 0 Å². The van der Waals surface area contributed by atoms with Gasteiger partial charge in [-0.05, 0) is 111 Å². The third-order valence-electron chi connectivity index (χ3n) is 22.6. The number of hydrogen-bond donors (Lipinski definition) is 0. The molecule has 15 aromatic carbocycles. The number of thiophene rings is 2. The van der Waals surface area contributed by atoms with Gasteiger partial charge in [-0.3, -0.25) is 9.13 Å². The van der Waals surface area contributed by atoms with Crippen LogP contribution in [0.2, 0.25) is 0 Å². The van der Waals surface area contributed by atoms with Crippen LogP contribution in [0, 0.1) is 0 Å². The lowest BCUT2D eigenvalue weighted by molar-refractivity contribution is 1.08. The van der Waals surface area contributed by atoms with Crippen molar-refractivity contribution in [2.75, 3.05) is 0 Å². The molecule has 0 spiro atoms. The van der Waals surface area contributed by atoms with Crippen LogP contribution in [-0.4, -0.2) is 37.9 Å². The molecule has 25 rings (SSSR count). The fraction of sp³-hybridized carbons (Fsp3) is 0. The largest absolute Gasteiger partial charge is 0.308 e. The molecule has 0 aliphatic rings. The van der Waals surface area contributed by atoms with Gasteiger partial charge in [0.15, 0.2) is 23.3 Å². The number of hydrogen-bond acceptors (Lipinski definition) is 6. The van der Waals surface area contributed by atoms with Gasteiger partial charge in [0.05, 0.1) is 75.6 Å². The minimum absolute atomic E-state index is 0.672. The van der Waals surface area contributed by atoms with Gasteiger partial charge in [0.1, 0.15) is 0 Å². The summed E-state index contributed by atoms with van der Waals surface area (Å²) < 4.78 is 14.4. The summed E-state index contributed by atoms with van der Waals surface area (Å²) >= 11 is 3.56. The van der Waals surface area contributed by atoms with E-state index in [0.717, 1.165) is 108 Å². The maximum atomic E-state index is 5.85. The van der Waals surface area contributed by atoms with Crippen molar-refractivity contribution >= 4 is 205 Å². The summed E-state index contributed by atoms with van der Waals surface area (Å²) in [4.78, 5) is 23.0. The molecule has 478 valence electrons. The van der Waals surface area contributed by atoms with E-state index in [1.54, 1.807) is 22.7 Å². The van der Waals surface area contributed by atoms with Gasteiger partial charge in [-0.15, -0.1) is 22.7 Å². The first-order chi connectivity index (χ1) is 51.6. The zero-order chi connectivity index (χ0) is 67.3. The van der Waals surface area contributed by atoms with Crippen molar-refractivity contribution in [3.8, 4) is 56.7 Å². The van der Waals surface area contributed by atoms with Gasteiger partial charge in [-0.25, -0.2) is 19.9 Å². The zero-order valence-electron chi connectivity index (χ0n) is 55.3. The topological polar surface area (TPSA) is 70.2 Å². The molecule has 10 aromatic heterocycles. The molecule has 0 unspecified atom stereocenters. The second-order valence-electron chi connectivity index (χ2n) is 27.9. The van der Waals surface area contributed by atoms with Gasteiger partial charge in [-0.2, -0.15) is 0 Å². The average Bonchev–Trinajstić information content (AvgIpc) is 1.51. The molecule has 104 heavy (non-hydrogen) atoms. The predicted octanol–water partition coefficient (Wildman–Crippen LogP) is 25.5. The minimum Gasteiger partial charge on any atom is -0.308 e. The predicted molar refractivity (Wildman–Crippen MR) is 438 cm³/mol. The molecule has 0 aliphatic heterocycles. The molecule has 0 amide bonds. The Balaban J connectivity index is 0.790. The van der Waals surface area contributed by atoms with E-state index in [2.05, 4.69) is 321 Å². The third kappa shape index (κ3) is 7.19. The van der Waals surface area contributed by atoms with Crippen molar-refractivity contribution in [1.29, 1.82) is 0 Å². The maximum absolute atomic E-state index is 5.85. The highest BCUT2D eigenvalue weighted by molar-refractivity contribution is 7.26. The number of benzene rings is 15. The smallest absolute Gasteiger partial charge is 0.162 e. The SMILES string of the molecule is c1ccc(-c2ccc(-c3nc(-n4c5ccc6ccc(-c7cccc8sc9c(-n%10c%11ccc%12ccccc%12c%11c%11c%12c%13ccccc%13n%13c%14ccccc%14c(cc%11%10)c%12%13)nc(-c%10ccccc%10)nc9c78)cc6c5c5c6c7ccccc7n7c8ccccc8c(cc54)c67)c4sc5ccccc5c4n3)cc2)cc1. The summed E-state index contributed by atoms with van der Waals surface area (Å²) in [5.41, 5.74) is 19.9. The molecule has 8 nitrogen and oxygen atoms in total. The second-order valence-corrected chi connectivity index (χ2v) is 30.0. The fourth-order valence-electron chi connectivity index (χ4n) is 18.3. The summed E-state index contributed by atoms with van der Waals surface area (Å²) in [5.74, 6) is 3.07. The Labute approximate surface area is 598 Å². The summed E-state index contributed by atoms with van der Waals surface area (Å²) in [6.45, 7) is 0. The van der Waals surface area contributed by atoms with Gasteiger partial charge in [0.2, 0.25) is 0 Å². The van der Waals surface area contributed by atoms with Gasteiger partial charge in [0.25, 0.3) is 0 Å². The van der Waals surface area contributed by atoms with E-state index in [4.69, 9.17) is 19.9 Å². The van der Waals surface area contributed by atoms with Crippen LogP contribution in [0.15, 0.2) is 303 Å². The molecular formula is C94H50N8S2. The summed E-state index contributed by atoms with van der Waals surface area (Å²) in [7, 11) is 0. The normalized spacial score (nSPS) is 12.6. The van der Waals surface area contributed by atoms with Crippen LogP contribution in [0.25, 0.3) is 239 Å². The van der Waals surface area contributed by atoms with E-state index >= 15 is 0 Å². The lowest BCUT2D eigenvalue weighted by atomic mass is 9.95. The van der Waals surface area contributed by atoms with E-state index in [-0.39, 0.29) is 0 Å². The Kier molecular flexibility index (Phi) is 10.8. The van der Waals surface area contributed by atoms with Crippen LogP contribution in [0.1, 0.15) is 0 Å². The van der Waals surface area contributed by atoms with E-state index in [1.165, 1.54) is 119 Å². The first-order valence-corrected chi connectivity index (χ1v) is 37.0. The molecule has 0 bridgehead atoms. The average molecular weight is 1360 g/mol.